The van der Waals surface area contributed by atoms with Crippen LogP contribution in [-0.2, 0) is 0 Å². The molecule has 0 saturated carbocycles. The van der Waals surface area contributed by atoms with E-state index in [-0.39, 0.29) is 18.1 Å². The summed E-state index contributed by atoms with van der Waals surface area (Å²) in [5.74, 6) is 0.871. The lowest BCUT2D eigenvalue weighted by Gasteiger charge is -2.12. The van der Waals surface area contributed by atoms with Gasteiger partial charge < -0.3 is 20.7 Å². The van der Waals surface area contributed by atoms with Crippen LogP contribution in [0.2, 0.25) is 0 Å². The number of urea groups is 1. The molecule has 0 unspecified atom stereocenters. The summed E-state index contributed by atoms with van der Waals surface area (Å²) in [6, 6.07) is 18.4. The monoisotopic (exact) mass is 393 g/mol. The number of rotatable bonds is 8. The summed E-state index contributed by atoms with van der Waals surface area (Å²) in [4.78, 5) is 26.8. The maximum absolute atomic E-state index is 12.2. The van der Waals surface area contributed by atoms with Gasteiger partial charge in [-0.15, -0.1) is 0 Å². The van der Waals surface area contributed by atoms with Gasteiger partial charge in [0, 0.05) is 25.4 Å². The van der Waals surface area contributed by atoms with Gasteiger partial charge in [-0.2, -0.15) is 0 Å². The zero-order chi connectivity index (χ0) is 20.5. The number of nitrogens with one attached hydrogen (secondary N) is 3. The van der Waals surface area contributed by atoms with Crippen molar-refractivity contribution in [1.29, 1.82) is 0 Å². The third-order valence-electron chi connectivity index (χ3n) is 3.80. The van der Waals surface area contributed by atoms with Crippen LogP contribution in [0.3, 0.4) is 0 Å². The molecule has 29 heavy (non-hydrogen) atoms. The third-order valence-corrected chi connectivity index (χ3v) is 3.80. The number of carbonyl (C=O) groups is 1. The molecule has 9 heteroatoms. The molecule has 3 aromatic rings. The lowest BCUT2D eigenvalue weighted by molar-refractivity contribution is -0.384. The molecule has 0 atom stereocenters. The standard InChI is InChI=1S/C20H19N5O4/c26-20(23-14-13-21-16-9-4-5-11-18(16)25(27)28)24-17-10-6-12-22-19(17)29-15-7-2-1-3-8-15/h1-12,21H,13-14H2,(H2,23,24,26). The Morgan fingerprint density at radius 2 is 1.69 bits per heavy atom. The summed E-state index contributed by atoms with van der Waals surface area (Å²) in [6.07, 6.45) is 1.57. The molecule has 0 radical (unpaired) electrons. The summed E-state index contributed by atoms with van der Waals surface area (Å²) in [5.41, 5.74) is 0.793. The van der Waals surface area contributed by atoms with Gasteiger partial charge in [0.1, 0.15) is 17.1 Å². The van der Waals surface area contributed by atoms with Crippen LogP contribution in [0.1, 0.15) is 0 Å². The van der Waals surface area contributed by atoms with Crippen LogP contribution >= 0.6 is 0 Å². The quantitative estimate of drug-likeness (QED) is 0.302. The molecule has 3 N–H and O–H groups in total. The summed E-state index contributed by atoms with van der Waals surface area (Å²) in [7, 11) is 0. The number of nitro groups is 1. The number of anilines is 2. The van der Waals surface area contributed by atoms with E-state index in [1.54, 1.807) is 48.7 Å². The van der Waals surface area contributed by atoms with Crippen molar-refractivity contribution in [2.75, 3.05) is 23.7 Å². The van der Waals surface area contributed by atoms with E-state index in [2.05, 4.69) is 20.9 Å². The van der Waals surface area contributed by atoms with Gasteiger partial charge in [0.25, 0.3) is 5.69 Å². The van der Waals surface area contributed by atoms with E-state index in [1.165, 1.54) is 6.07 Å². The highest BCUT2D eigenvalue weighted by Gasteiger charge is 2.12. The summed E-state index contributed by atoms with van der Waals surface area (Å²) >= 11 is 0. The smallest absolute Gasteiger partial charge is 0.319 e. The van der Waals surface area contributed by atoms with Gasteiger partial charge in [-0.25, -0.2) is 9.78 Å². The van der Waals surface area contributed by atoms with Crippen molar-refractivity contribution in [1.82, 2.24) is 10.3 Å². The number of amides is 2. The van der Waals surface area contributed by atoms with E-state index in [0.717, 1.165) is 0 Å². The first-order chi connectivity index (χ1) is 14.1. The molecular formula is C20H19N5O4. The fourth-order valence-electron chi connectivity index (χ4n) is 2.49. The SMILES string of the molecule is O=C(NCCNc1ccccc1[N+](=O)[O-])Nc1cccnc1Oc1ccccc1. The Morgan fingerprint density at radius 1 is 0.966 bits per heavy atom. The van der Waals surface area contributed by atoms with Gasteiger partial charge in [0.15, 0.2) is 0 Å². The Kier molecular flexibility index (Phi) is 6.56. The van der Waals surface area contributed by atoms with E-state index in [1.807, 2.05) is 18.2 Å². The molecule has 2 aromatic carbocycles. The zero-order valence-corrected chi connectivity index (χ0v) is 15.4. The molecule has 148 valence electrons. The summed E-state index contributed by atoms with van der Waals surface area (Å²) in [5, 5.41) is 19.3. The van der Waals surface area contributed by atoms with Gasteiger partial charge in [0.05, 0.1) is 4.92 Å². The number of nitrogens with zero attached hydrogens (tertiary/aromatic N) is 2. The number of benzene rings is 2. The first-order valence-electron chi connectivity index (χ1n) is 8.83. The van der Waals surface area contributed by atoms with Crippen molar-refractivity contribution in [3.05, 3.63) is 83.0 Å². The molecule has 3 rings (SSSR count). The molecule has 9 nitrogen and oxygen atoms in total. The van der Waals surface area contributed by atoms with Crippen molar-refractivity contribution in [2.45, 2.75) is 0 Å². The first kappa shape index (κ1) is 19.6. The Hall–Kier alpha value is -4.14. The summed E-state index contributed by atoms with van der Waals surface area (Å²) in [6.45, 7) is 0.575. The fraction of sp³-hybridized carbons (Fsp3) is 0.100. The number of pyridine rings is 1. The van der Waals surface area contributed by atoms with E-state index < -0.39 is 11.0 Å². The van der Waals surface area contributed by atoms with Crippen molar-refractivity contribution < 1.29 is 14.5 Å². The van der Waals surface area contributed by atoms with Gasteiger partial charge in [-0.05, 0) is 30.3 Å². The Labute approximate surface area is 166 Å². The van der Waals surface area contributed by atoms with E-state index in [9.17, 15) is 14.9 Å². The largest absolute Gasteiger partial charge is 0.437 e. The number of nitro benzene ring substituents is 1. The lowest BCUT2D eigenvalue weighted by Crippen LogP contribution is -2.32. The van der Waals surface area contributed by atoms with Crippen molar-refractivity contribution in [3.63, 3.8) is 0 Å². The van der Waals surface area contributed by atoms with Gasteiger partial charge in [-0.3, -0.25) is 10.1 Å². The minimum atomic E-state index is -0.459. The van der Waals surface area contributed by atoms with E-state index in [0.29, 0.717) is 23.7 Å². The molecule has 1 aromatic heterocycles. The van der Waals surface area contributed by atoms with Gasteiger partial charge in [-0.1, -0.05) is 30.3 Å². The minimum Gasteiger partial charge on any atom is -0.437 e. The number of para-hydroxylation sites is 3. The molecule has 0 fully saturated rings. The number of hydrogen-bond acceptors (Lipinski definition) is 6. The average molecular weight is 393 g/mol. The van der Waals surface area contributed by atoms with Crippen LogP contribution < -0.4 is 20.7 Å². The van der Waals surface area contributed by atoms with Gasteiger partial charge in [0.2, 0.25) is 5.88 Å². The molecule has 0 bridgehead atoms. The molecule has 1 heterocycles. The summed E-state index contributed by atoms with van der Waals surface area (Å²) < 4.78 is 5.70. The lowest BCUT2D eigenvalue weighted by atomic mass is 10.2. The second-order valence-corrected chi connectivity index (χ2v) is 5.85. The van der Waals surface area contributed by atoms with Crippen LogP contribution in [0.25, 0.3) is 0 Å². The normalized spacial score (nSPS) is 10.1. The molecular weight excluding hydrogens is 374 g/mol. The molecule has 0 spiro atoms. The minimum absolute atomic E-state index is 0.0185. The molecule has 2 amide bonds. The van der Waals surface area contributed by atoms with Crippen LogP contribution in [0.5, 0.6) is 11.6 Å². The molecule has 0 aliphatic carbocycles. The van der Waals surface area contributed by atoms with Crippen molar-refractivity contribution >= 4 is 23.1 Å². The number of carbonyl (C=O) groups excluding carboxylic acids is 1. The average Bonchev–Trinajstić information content (AvgIpc) is 2.73. The topological polar surface area (TPSA) is 118 Å². The third kappa shape index (κ3) is 5.67. The molecule has 0 saturated heterocycles. The Bertz CT molecular complexity index is 981. The predicted octanol–water partition coefficient (Wildman–Crippen LogP) is 4.02. The maximum Gasteiger partial charge on any atom is 0.319 e. The Balaban J connectivity index is 1.51. The van der Waals surface area contributed by atoms with Crippen LogP contribution in [0.4, 0.5) is 21.9 Å². The predicted molar refractivity (Wildman–Crippen MR) is 109 cm³/mol. The van der Waals surface area contributed by atoms with E-state index in [4.69, 9.17) is 4.74 Å². The zero-order valence-electron chi connectivity index (χ0n) is 15.4. The van der Waals surface area contributed by atoms with Gasteiger partial charge >= 0.3 is 6.03 Å². The van der Waals surface area contributed by atoms with Crippen LogP contribution in [0.15, 0.2) is 72.9 Å². The van der Waals surface area contributed by atoms with Crippen molar-refractivity contribution in [2.24, 2.45) is 0 Å². The highest BCUT2D eigenvalue weighted by Crippen LogP contribution is 2.26. The highest BCUT2D eigenvalue weighted by atomic mass is 16.6. The van der Waals surface area contributed by atoms with Crippen LogP contribution in [-0.4, -0.2) is 29.0 Å². The van der Waals surface area contributed by atoms with Crippen molar-refractivity contribution in [3.8, 4) is 11.6 Å². The highest BCUT2D eigenvalue weighted by molar-refractivity contribution is 5.90. The molecule has 0 aliphatic heterocycles. The Morgan fingerprint density at radius 3 is 2.48 bits per heavy atom. The van der Waals surface area contributed by atoms with Crippen LogP contribution in [0, 0.1) is 10.1 Å². The maximum atomic E-state index is 12.2. The molecule has 0 aliphatic rings. The number of hydrogen-bond donors (Lipinski definition) is 3. The van der Waals surface area contributed by atoms with E-state index >= 15 is 0 Å². The second-order valence-electron chi connectivity index (χ2n) is 5.85. The number of ether oxygens (including phenoxy) is 1. The second kappa shape index (κ2) is 9.70. The first-order valence-corrected chi connectivity index (χ1v) is 8.83. The fourth-order valence-corrected chi connectivity index (χ4v) is 2.49. The number of aromatic nitrogens is 1.